The predicted molar refractivity (Wildman–Crippen MR) is 92.0 cm³/mol. The number of thiophene rings is 1. The van der Waals surface area contributed by atoms with Crippen molar-refractivity contribution in [1.29, 1.82) is 0 Å². The minimum absolute atomic E-state index is 0.409. The molecule has 20 heavy (non-hydrogen) atoms. The molecule has 1 N–H and O–H groups in total. The van der Waals surface area contributed by atoms with Gasteiger partial charge in [-0.05, 0) is 49.7 Å². The van der Waals surface area contributed by atoms with Gasteiger partial charge in [-0.2, -0.15) is 0 Å². The smallest absolute Gasteiger partial charge is 0.0931 e. The Bertz CT molecular complexity index is 539. The summed E-state index contributed by atoms with van der Waals surface area (Å²) in [4.78, 5) is 2.64. The van der Waals surface area contributed by atoms with Crippen LogP contribution in [-0.4, -0.2) is 6.54 Å². The van der Waals surface area contributed by atoms with E-state index in [1.54, 1.807) is 11.3 Å². The molecule has 2 aromatic rings. The van der Waals surface area contributed by atoms with Crippen molar-refractivity contribution in [3.05, 3.63) is 51.2 Å². The average Bonchev–Trinajstić information content (AvgIpc) is 2.88. The zero-order chi connectivity index (χ0) is 14.4. The molecule has 4 heteroatoms. The van der Waals surface area contributed by atoms with Crippen molar-refractivity contribution < 1.29 is 0 Å². The quantitative estimate of drug-likeness (QED) is 0.650. The van der Waals surface area contributed by atoms with E-state index in [0.717, 1.165) is 23.1 Å². The van der Waals surface area contributed by atoms with Crippen LogP contribution >= 0.6 is 34.7 Å². The van der Waals surface area contributed by atoms with Gasteiger partial charge < -0.3 is 5.32 Å². The fourth-order valence-electron chi connectivity index (χ4n) is 1.94. The molecule has 1 unspecified atom stereocenters. The Kier molecular flexibility index (Phi) is 6.43. The summed E-state index contributed by atoms with van der Waals surface area (Å²) < 4.78 is 0.867. The minimum atomic E-state index is 0.409. The van der Waals surface area contributed by atoms with Crippen LogP contribution in [0, 0.1) is 0 Å². The summed E-state index contributed by atoms with van der Waals surface area (Å²) in [6, 6.07) is 13.3. The molecule has 0 bridgehead atoms. The molecule has 0 amide bonds. The number of halogens is 1. The van der Waals surface area contributed by atoms with Gasteiger partial charge in [0.1, 0.15) is 0 Å². The summed E-state index contributed by atoms with van der Waals surface area (Å²) in [6.07, 6.45) is 1.16. The molecule has 2 rings (SSSR count). The summed E-state index contributed by atoms with van der Waals surface area (Å²) in [6.45, 7) is 5.48. The maximum Gasteiger partial charge on any atom is 0.0931 e. The predicted octanol–water partition coefficient (Wildman–Crippen LogP) is 5.75. The first-order valence-electron chi connectivity index (χ1n) is 6.89. The van der Waals surface area contributed by atoms with Crippen molar-refractivity contribution in [2.75, 3.05) is 6.54 Å². The molecule has 0 radical (unpaired) electrons. The molecule has 0 aliphatic rings. The van der Waals surface area contributed by atoms with E-state index in [0.29, 0.717) is 6.04 Å². The first-order chi connectivity index (χ1) is 9.69. The Balaban J connectivity index is 1.95. The molecule has 1 nitrogen and oxygen atoms in total. The van der Waals surface area contributed by atoms with Gasteiger partial charge in [0, 0.05) is 21.6 Å². The molecule has 0 spiro atoms. The Labute approximate surface area is 134 Å². The van der Waals surface area contributed by atoms with Crippen LogP contribution in [-0.2, 0) is 5.75 Å². The van der Waals surface area contributed by atoms with Crippen molar-refractivity contribution in [3.63, 3.8) is 0 Å². The molecule has 0 aliphatic carbocycles. The molecular formula is C16H20ClNS2. The van der Waals surface area contributed by atoms with E-state index in [2.05, 4.69) is 49.5 Å². The number of hydrogen-bond donors (Lipinski definition) is 1. The Morgan fingerprint density at radius 1 is 1.30 bits per heavy atom. The summed E-state index contributed by atoms with van der Waals surface area (Å²) in [7, 11) is 0. The van der Waals surface area contributed by atoms with E-state index in [-0.39, 0.29) is 0 Å². The van der Waals surface area contributed by atoms with Gasteiger partial charge in [0.15, 0.2) is 0 Å². The number of thioether (sulfide) groups is 1. The lowest BCUT2D eigenvalue weighted by Gasteiger charge is -2.14. The van der Waals surface area contributed by atoms with Crippen LogP contribution in [0.15, 0.2) is 41.3 Å². The second-order valence-electron chi connectivity index (χ2n) is 4.74. The summed E-state index contributed by atoms with van der Waals surface area (Å²) in [5.74, 6) is 0.984. The van der Waals surface area contributed by atoms with Crippen LogP contribution < -0.4 is 5.32 Å². The molecular weight excluding hydrogens is 306 g/mol. The van der Waals surface area contributed by atoms with Crippen LogP contribution in [0.2, 0.25) is 4.34 Å². The van der Waals surface area contributed by atoms with Gasteiger partial charge in [-0.25, -0.2) is 0 Å². The molecule has 1 atom stereocenters. The monoisotopic (exact) mass is 325 g/mol. The molecule has 1 heterocycles. The van der Waals surface area contributed by atoms with Crippen LogP contribution in [0.3, 0.4) is 0 Å². The van der Waals surface area contributed by atoms with E-state index in [4.69, 9.17) is 11.6 Å². The van der Waals surface area contributed by atoms with Gasteiger partial charge in [-0.1, -0.05) is 30.7 Å². The average molecular weight is 326 g/mol. The van der Waals surface area contributed by atoms with E-state index in [1.165, 1.54) is 15.3 Å². The number of nitrogens with one attached hydrogen (secondary N) is 1. The normalized spacial score (nSPS) is 12.6. The molecule has 0 saturated carbocycles. The fraction of sp³-hybridized carbons (Fsp3) is 0.375. The summed E-state index contributed by atoms with van der Waals surface area (Å²) >= 11 is 9.49. The third-order valence-electron chi connectivity index (χ3n) is 3.07. The van der Waals surface area contributed by atoms with Crippen LogP contribution in [0.5, 0.6) is 0 Å². The van der Waals surface area contributed by atoms with Gasteiger partial charge in [-0.3, -0.25) is 0 Å². The Morgan fingerprint density at radius 2 is 2.15 bits per heavy atom. The molecule has 0 fully saturated rings. The van der Waals surface area contributed by atoms with Crippen LogP contribution in [0.25, 0.3) is 0 Å². The van der Waals surface area contributed by atoms with Crippen molar-refractivity contribution >= 4 is 34.7 Å². The lowest BCUT2D eigenvalue weighted by atomic mass is 10.1. The maximum absolute atomic E-state index is 5.96. The van der Waals surface area contributed by atoms with Crippen LogP contribution in [0.4, 0.5) is 0 Å². The standard InChI is InChI=1S/C16H20ClNS2/c1-3-9-18-12(2)13-5-4-6-14(10-13)19-11-15-7-8-16(17)20-15/h4-8,10,12,18H,3,9,11H2,1-2H3. The fourth-order valence-corrected chi connectivity index (χ4v) is 4.03. The van der Waals surface area contributed by atoms with Crippen molar-refractivity contribution in [3.8, 4) is 0 Å². The highest BCUT2D eigenvalue weighted by atomic mass is 35.5. The highest BCUT2D eigenvalue weighted by molar-refractivity contribution is 7.98. The SMILES string of the molecule is CCCNC(C)c1cccc(SCc2ccc(Cl)s2)c1. The summed E-state index contributed by atoms with van der Waals surface area (Å²) in [5, 5.41) is 3.53. The highest BCUT2D eigenvalue weighted by Crippen LogP contribution is 2.30. The van der Waals surface area contributed by atoms with Crippen molar-refractivity contribution in [2.45, 2.75) is 37.0 Å². The van der Waals surface area contributed by atoms with E-state index in [1.807, 2.05) is 17.8 Å². The van der Waals surface area contributed by atoms with Gasteiger partial charge in [0.05, 0.1) is 4.34 Å². The maximum atomic E-state index is 5.96. The van der Waals surface area contributed by atoms with E-state index < -0.39 is 0 Å². The third-order valence-corrected chi connectivity index (χ3v) is 5.53. The zero-order valence-corrected chi connectivity index (χ0v) is 14.2. The number of benzene rings is 1. The molecule has 0 saturated heterocycles. The summed E-state index contributed by atoms with van der Waals surface area (Å²) in [5.41, 5.74) is 1.35. The van der Waals surface area contributed by atoms with Crippen LogP contribution in [0.1, 0.15) is 36.8 Å². The van der Waals surface area contributed by atoms with Crippen molar-refractivity contribution in [1.82, 2.24) is 5.32 Å². The lowest BCUT2D eigenvalue weighted by molar-refractivity contribution is 0.570. The van der Waals surface area contributed by atoms with Gasteiger partial charge in [0.25, 0.3) is 0 Å². The molecule has 1 aromatic carbocycles. The first-order valence-corrected chi connectivity index (χ1v) is 9.07. The second-order valence-corrected chi connectivity index (χ2v) is 7.59. The largest absolute Gasteiger partial charge is 0.310 e. The third kappa shape index (κ3) is 4.81. The van der Waals surface area contributed by atoms with Gasteiger partial charge in [0.2, 0.25) is 0 Å². The Morgan fingerprint density at radius 3 is 2.85 bits per heavy atom. The number of rotatable bonds is 7. The zero-order valence-electron chi connectivity index (χ0n) is 11.9. The second kappa shape index (κ2) is 8.08. The van der Waals surface area contributed by atoms with Gasteiger partial charge >= 0.3 is 0 Å². The molecule has 108 valence electrons. The Hall–Kier alpha value is -0.480. The number of hydrogen-bond acceptors (Lipinski definition) is 3. The van der Waals surface area contributed by atoms with E-state index >= 15 is 0 Å². The molecule has 1 aromatic heterocycles. The first kappa shape index (κ1) is 15.9. The lowest BCUT2D eigenvalue weighted by Crippen LogP contribution is -2.19. The minimum Gasteiger partial charge on any atom is -0.310 e. The molecule has 0 aliphatic heterocycles. The topological polar surface area (TPSA) is 12.0 Å². The van der Waals surface area contributed by atoms with Gasteiger partial charge in [-0.15, -0.1) is 23.1 Å². The highest BCUT2D eigenvalue weighted by Gasteiger charge is 2.06. The van der Waals surface area contributed by atoms with E-state index in [9.17, 15) is 0 Å². The van der Waals surface area contributed by atoms with Crippen molar-refractivity contribution in [2.24, 2.45) is 0 Å².